The van der Waals surface area contributed by atoms with Crippen molar-refractivity contribution < 1.29 is 9.59 Å². The third kappa shape index (κ3) is 5.06. The molecule has 0 fully saturated rings. The van der Waals surface area contributed by atoms with E-state index in [1.807, 2.05) is 0 Å². The molecule has 0 aliphatic rings. The predicted molar refractivity (Wildman–Crippen MR) is 141 cm³/mol. The summed E-state index contributed by atoms with van der Waals surface area (Å²) in [5.74, 6) is -0.791. The van der Waals surface area contributed by atoms with Crippen LogP contribution in [0.4, 0.5) is 11.4 Å². The van der Waals surface area contributed by atoms with Gasteiger partial charge in [0.05, 0.1) is 31.5 Å². The third-order valence-corrected chi connectivity index (χ3v) is 6.67. The zero-order valence-electron chi connectivity index (χ0n) is 17.4. The smallest absolute Gasteiger partial charge is 0.256 e. The third-order valence-electron chi connectivity index (χ3n) is 5.03. The number of hydrogen-bond donors (Lipinski definition) is 2. The van der Waals surface area contributed by atoms with Gasteiger partial charge < -0.3 is 10.6 Å². The summed E-state index contributed by atoms with van der Waals surface area (Å²) in [7, 11) is 0. The molecule has 0 aliphatic heterocycles. The van der Waals surface area contributed by atoms with Crippen molar-refractivity contribution in [2.75, 3.05) is 10.6 Å². The summed E-state index contributed by atoms with van der Waals surface area (Å²) in [6, 6.07) is 23.9. The number of benzene rings is 4. The SMILES string of the molecule is O=C(Nc1cccc(Cl)c1Cl)c1ccccc1-c1ccccc1C(=O)Nc1cccc(Cl)c1Cl. The van der Waals surface area contributed by atoms with Gasteiger partial charge in [-0.3, -0.25) is 9.59 Å². The Hall–Kier alpha value is -3.02. The molecular weight excluding hydrogens is 514 g/mol. The molecule has 0 unspecified atom stereocenters. The van der Waals surface area contributed by atoms with Crippen molar-refractivity contribution in [3.8, 4) is 11.1 Å². The van der Waals surface area contributed by atoms with Crippen LogP contribution in [0, 0.1) is 0 Å². The van der Waals surface area contributed by atoms with E-state index < -0.39 is 11.8 Å². The molecule has 4 nitrogen and oxygen atoms in total. The van der Waals surface area contributed by atoms with E-state index in [1.54, 1.807) is 84.9 Å². The monoisotopic (exact) mass is 528 g/mol. The highest BCUT2D eigenvalue weighted by atomic mass is 35.5. The van der Waals surface area contributed by atoms with Crippen LogP contribution in [0.2, 0.25) is 20.1 Å². The Labute approximate surface area is 216 Å². The Morgan fingerprint density at radius 1 is 0.500 bits per heavy atom. The first-order valence-corrected chi connectivity index (χ1v) is 11.6. The Bertz CT molecular complexity index is 1300. The lowest BCUT2D eigenvalue weighted by atomic mass is 9.94. The largest absolute Gasteiger partial charge is 0.321 e. The van der Waals surface area contributed by atoms with Crippen molar-refractivity contribution in [3.63, 3.8) is 0 Å². The maximum absolute atomic E-state index is 13.2. The molecular formula is C26H16Cl4N2O2. The minimum atomic E-state index is -0.395. The van der Waals surface area contributed by atoms with Crippen molar-refractivity contribution in [2.45, 2.75) is 0 Å². The molecule has 4 aromatic carbocycles. The molecule has 0 saturated carbocycles. The van der Waals surface area contributed by atoms with Crippen molar-refractivity contribution >= 4 is 69.6 Å². The van der Waals surface area contributed by atoms with Gasteiger partial charge in [-0.1, -0.05) is 94.9 Å². The average Bonchev–Trinajstić information content (AvgIpc) is 2.85. The molecule has 0 saturated heterocycles. The fourth-order valence-electron chi connectivity index (χ4n) is 3.41. The van der Waals surface area contributed by atoms with E-state index in [9.17, 15) is 9.59 Å². The number of carbonyl (C=O) groups is 2. The van der Waals surface area contributed by atoms with Crippen LogP contribution in [-0.2, 0) is 0 Å². The molecule has 0 atom stereocenters. The molecule has 0 heterocycles. The molecule has 170 valence electrons. The van der Waals surface area contributed by atoms with Gasteiger partial charge >= 0.3 is 0 Å². The minimum absolute atomic E-state index is 0.244. The topological polar surface area (TPSA) is 58.2 Å². The molecule has 34 heavy (non-hydrogen) atoms. The summed E-state index contributed by atoms with van der Waals surface area (Å²) in [4.78, 5) is 26.4. The second-order valence-electron chi connectivity index (χ2n) is 7.20. The van der Waals surface area contributed by atoms with E-state index in [0.29, 0.717) is 43.7 Å². The van der Waals surface area contributed by atoms with Gasteiger partial charge in [0.1, 0.15) is 0 Å². The van der Waals surface area contributed by atoms with Gasteiger partial charge in [0.15, 0.2) is 0 Å². The number of halogens is 4. The van der Waals surface area contributed by atoms with Gasteiger partial charge in [0.25, 0.3) is 11.8 Å². The van der Waals surface area contributed by atoms with Gasteiger partial charge in [-0.2, -0.15) is 0 Å². The van der Waals surface area contributed by atoms with E-state index in [0.717, 1.165) is 0 Å². The molecule has 0 aliphatic carbocycles. The highest BCUT2D eigenvalue weighted by Crippen LogP contribution is 2.33. The van der Waals surface area contributed by atoms with Crippen LogP contribution in [0.1, 0.15) is 20.7 Å². The summed E-state index contributed by atoms with van der Waals surface area (Å²) in [6.07, 6.45) is 0. The lowest BCUT2D eigenvalue weighted by molar-refractivity contribution is 0.101. The summed E-state index contributed by atoms with van der Waals surface area (Å²) in [5.41, 5.74) is 2.63. The number of hydrogen-bond acceptors (Lipinski definition) is 2. The first kappa shape index (κ1) is 24.1. The van der Waals surface area contributed by atoms with Crippen LogP contribution in [0.25, 0.3) is 11.1 Å². The van der Waals surface area contributed by atoms with E-state index in [2.05, 4.69) is 10.6 Å². The van der Waals surface area contributed by atoms with Crippen molar-refractivity contribution in [1.29, 1.82) is 0 Å². The Kier molecular flexibility index (Phi) is 7.44. The molecule has 0 bridgehead atoms. The van der Waals surface area contributed by atoms with Gasteiger partial charge in [0, 0.05) is 11.1 Å². The van der Waals surface area contributed by atoms with E-state index >= 15 is 0 Å². The van der Waals surface area contributed by atoms with Gasteiger partial charge in [-0.05, 0) is 47.5 Å². The molecule has 4 aromatic rings. The number of rotatable bonds is 5. The van der Waals surface area contributed by atoms with Crippen LogP contribution >= 0.6 is 46.4 Å². The molecule has 2 N–H and O–H groups in total. The first-order valence-electron chi connectivity index (χ1n) is 10.1. The minimum Gasteiger partial charge on any atom is -0.321 e. The van der Waals surface area contributed by atoms with Crippen LogP contribution in [0.3, 0.4) is 0 Å². The zero-order chi connectivity index (χ0) is 24.2. The number of carbonyl (C=O) groups excluding carboxylic acids is 2. The molecule has 0 radical (unpaired) electrons. The normalized spacial score (nSPS) is 10.6. The highest BCUT2D eigenvalue weighted by Gasteiger charge is 2.20. The van der Waals surface area contributed by atoms with E-state index in [1.165, 1.54) is 0 Å². The fraction of sp³-hybridized carbons (Fsp3) is 0. The summed E-state index contributed by atoms with van der Waals surface area (Å²) >= 11 is 24.6. The predicted octanol–water partition coefficient (Wildman–Crippen LogP) is 8.47. The van der Waals surface area contributed by atoms with Gasteiger partial charge in [-0.15, -0.1) is 0 Å². The Morgan fingerprint density at radius 3 is 1.29 bits per heavy atom. The van der Waals surface area contributed by atoms with Crippen LogP contribution < -0.4 is 10.6 Å². The second kappa shape index (κ2) is 10.5. The molecule has 0 aromatic heterocycles. The fourth-order valence-corrected chi connectivity index (χ4v) is 4.11. The van der Waals surface area contributed by atoms with Crippen LogP contribution in [0.5, 0.6) is 0 Å². The number of anilines is 2. The van der Waals surface area contributed by atoms with Gasteiger partial charge in [-0.25, -0.2) is 0 Å². The maximum Gasteiger partial charge on any atom is 0.256 e. The van der Waals surface area contributed by atoms with Crippen molar-refractivity contribution in [3.05, 3.63) is 116 Å². The Morgan fingerprint density at radius 2 is 0.882 bits per heavy atom. The van der Waals surface area contributed by atoms with Crippen LogP contribution in [-0.4, -0.2) is 11.8 Å². The number of nitrogens with one attached hydrogen (secondary N) is 2. The van der Waals surface area contributed by atoms with Crippen molar-refractivity contribution in [1.82, 2.24) is 0 Å². The highest BCUT2D eigenvalue weighted by molar-refractivity contribution is 6.44. The summed E-state index contributed by atoms with van der Waals surface area (Å²) in [5, 5.41) is 6.73. The first-order chi connectivity index (χ1) is 16.4. The zero-order valence-corrected chi connectivity index (χ0v) is 20.4. The molecule has 8 heteroatoms. The van der Waals surface area contributed by atoms with Gasteiger partial charge in [0.2, 0.25) is 0 Å². The quantitative estimate of drug-likeness (QED) is 0.272. The average molecular weight is 530 g/mol. The van der Waals surface area contributed by atoms with E-state index in [4.69, 9.17) is 46.4 Å². The second-order valence-corrected chi connectivity index (χ2v) is 8.77. The lowest BCUT2D eigenvalue weighted by Gasteiger charge is -2.15. The Balaban J connectivity index is 1.70. The van der Waals surface area contributed by atoms with Crippen molar-refractivity contribution in [2.24, 2.45) is 0 Å². The molecule has 4 rings (SSSR count). The standard InChI is InChI=1S/C26H16Cl4N2O2/c27-19-11-5-13-21(23(19)29)31-25(33)17-9-3-1-7-15(17)16-8-2-4-10-18(16)26(34)32-22-14-6-12-20(28)24(22)30/h1-14H,(H,31,33)(H,32,34). The summed E-state index contributed by atoms with van der Waals surface area (Å²) in [6.45, 7) is 0. The lowest BCUT2D eigenvalue weighted by Crippen LogP contribution is -2.16. The summed E-state index contributed by atoms with van der Waals surface area (Å²) < 4.78 is 0. The van der Waals surface area contributed by atoms with E-state index in [-0.39, 0.29) is 10.0 Å². The maximum atomic E-state index is 13.2. The molecule has 2 amide bonds. The number of amides is 2. The molecule has 0 spiro atoms. The van der Waals surface area contributed by atoms with Crippen LogP contribution in [0.15, 0.2) is 84.9 Å².